The van der Waals surface area contributed by atoms with Crippen LogP contribution in [0.2, 0.25) is 10.0 Å². The SMILES string of the molecule is COC(=O)CC(=O)N1CCC(n2c(C3CC3)nc3ccc(C(c4ccc(Cl)cc4)c4ccc(Cl)cc4)cc32)CC1. The Bertz CT molecular complexity index is 1490. The van der Waals surface area contributed by atoms with Gasteiger partial charge in [0.25, 0.3) is 0 Å². The maximum Gasteiger partial charge on any atom is 0.315 e. The van der Waals surface area contributed by atoms with Crippen LogP contribution in [0.25, 0.3) is 11.0 Å². The molecular weight excluding hydrogens is 545 g/mol. The molecule has 4 aromatic rings. The summed E-state index contributed by atoms with van der Waals surface area (Å²) < 4.78 is 7.13. The normalized spacial score (nSPS) is 16.1. The van der Waals surface area contributed by atoms with Crippen molar-refractivity contribution in [2.75, 3.05) is 20.2 Å². The van der Waals surface area contributed by atoms with E-state index in [-0.39, 0.29) is 24.3 Å². The third-order valence-corrected chi connectivity index (χ3v) is 8.63. The molecule has 2 heterocycles. The molecule has 0 bridgehead atoms. The summed E-state index contributed by atoms with van der Waals surface area (Å²) in [6.07, 6.45) is 3.75. The van der Waals surface area contributed by atoms with Gasteiger partial charge in [-0.1, -0.05) is 53.5 Å². The van der Waals surface area contributed by atoms with Gasteiger partial charge in [0.05, 0.1) is 18.1 Å². The van der Waals surface area contributed by atoms with Gasteiger partial charge in [-0.25, -0.2) is 4.98 Å². The van der Waals surface area contributed by atoms with E-state index in [1.807, 2.05) is 24.3 Å². The van der Waals surface area contributed by atoms with Crippen molar-refractivity contribution in [3.63, 3.8) is 0 Å². The predicted molar refractivity (Wildman–Crippen MR) is 157 cm³/mol. The molecule has 2 fully saturated rings. The van der Waals surface area contributed by atoms with Gasteiger partial charge in [-0.05, 0) is 78.8 Å². The second kappa shape index (κ2) is 11.3. The molecule has 0 unspecified atom stereocenters. The number of fused-ring (bicyclic) bond motifs is 1. The van der Waals surface area contributed by atoms with E-state index in [1.54, 1.807) is 4.90 Å². The topological polar surface area (TPSA) is 64.4 Å². The third-order valence-electron chi connectivity index (χ3n) is 8.13. The number of hydrogen-bond donors (Lipinski definition) is 0. The zero-order valence-electron chi connectivity index (χ0n) is 22.4. The number of carbonyl (C=O) groups excluding carboxylic acids is 2. The quantitative estimate of drug-likeness (QED) is 0.133. The molecule has 3 aromatic carbocycles. The van der Waals surface area contributed by atoms with Gasteiger partial charge in [0.2, 0.25) is 5.91 Å². The molecule has 1 saturated heterocycles. The summed E-state index contributed by atoms with van der Waals surface area (Å²) in [6, 6.07) is 22.9. The number of rotatable bonds is 7. The predicted octanol–water partition coefficient (Wildman–Crippen LogP) is 7.13. The van der Waals surface area contributed by atoms with Crippen LogP contribution >= 0.6 is 23.2 Å². The van der Waals surface area contributed by atoms with Gasteiger partial charge in [0, 0.05) is 41.0 Å². The first-order valence-electron chi connectivity index (χ1n) is 13.8. The summed E-state index contributed by atoms with van der Waals surface area (Å²) in [5, 5.41) is 1.41. The summed E-state index contributed by atoms with van der Waals surface area (Å²) in [6.45, 7) is 1.23. The maximum absolute atomic E-state index is 12.6. The first kappa shape index (κ1) is 26.9. The third kappa shape index (κ3) is 5.48. The average molecular weight is 577 g/mol. The Hall–Kier alpha value is -3.35. The Kier molecular flexibility index (Phi) is 7.56. The maximum atomic E-state index is 12.6. The van der Waals surface area contributed by atoms with Crippen LogP contribution in [0.5, 0.6) is 0 Å². The highest BCUT2D eigenvalue weighted by atomic mass is 35.5. The minimum atomic E-state index is -0.493. The average Bonchev–Trinajstić information content (AvgIpc) is 3.75. The Balaban J connectivity index is 1.37. The van der Waals surface area contributed by atoms with Crippen molar-refractivity contribution in [2.45, 2.75) is 50.0 Å². The van der Waals surface area contributed by atoms with Crippen LogP contribution in [0.3, 0.4) is 0 Å². The van der Waals surface area contributed by atoms with Crippen molar-refractivity contribution in [3.05, 3.63) is 99.3 Å². The summed E-state index contributed by atoms with van der Waals surface area (Å²) in [7, 11) is 1.31. The van der Waals surface area contributed by atoms with E-state index in [1.165, 1.54) is 12.7 Å². The van der Waals surface area contributed by atoms with Gasteiger partial charge < -0.3 is 14.2 Å². The van der Waals surface area contributed by atoms with Crippen molar-refractivity contribution in [3.8, 4) is 0 Å². The lowest BCUT2D eigenvalue weighted by atomic mass is 9.85. The molecule has 6 rings (SSSR count). The van der Waals surface area contributed by atoms with Gasteiger partial charge in [-0.2, -0.15) is 0 Å². The first-order chi connectivity index (χ1) is 19.4. The van der Waals surface area contributed by atoms with Gasteiger partial charge in [-0.3, -0.25) is 9.59 Å². The summed E-state index contributed by atoms with van der Waals surface area (Å²) >= 11 is 12.5. The van der Waals surface area contributed by atoms with Gasteiger partial charge in [0.1, 0.15) is 12.2 Å². The highest BCUT2D eigenvalue weighted by molar-refractivity contribution is 6.30. The lowest BCUT2D eigenvalue weighted by molar-refractivity contribution is -0.147. The number of nitrogens with zero attached hydrogens (tertiary/aromatic N) is 3. The molecule has 1 aliphatic carbocycles. The Morgan fingerprint density at radius 2 is 1.45 bits per heavy atom. The number of halogens is 2. The van der Waals surface area contributed by atoms with E-state index >= 15 is 0 Å². The van der Waals surface area contributed by atoms with Crippen molar-refractivity contribution in [1.82, 2.24) is 14.5 Å². The van der Waals surface area contributed by atoms with E-state index < -0.39 is 5.97 Å². The zero-order chi connectivity index (χ0) is 27.8. The van der Waals surface area contributed by atoms with Gasteiger partial charge in [0.15, 0.2) is 0 Å². The molecule has 6 nitrogen and oxygen atoms in total. The van der Waals surface area contributed by atoms with E-state index in [0.717, 1.165) is 53.7 Å². The van der Waals surface area contributed by atoms with Crippen LogP contribution in [0.15, 0.2) is 66.7 Å². The molecule has 8 heteroatoms. The van der Waals surface area contributed by atoms with Crippen molar-refractivity contribution in [1.29, 1.82) is 0 Å². The zero-order valence-corrected chi connectivity index (χ0v) is 23.9. The fraction of sp³-hybridized carbons (Fsp3) is 0.344. The van der Waals surface area contributed by atoms with Gasteiger partial charge >= 0.3 is 5.97 Å². The molecule has 1 saturated carbocycles. The molecule has 1 aliphatic heterocycles. The number of esters is 1. The molecule has 0 spiro atoms. The number of methoxy groups -OCH3 is 1. The summed E-state index contributed by atoms with van der Waals surface area (Å²) in [5.74, 6) is 0.982. The molecule has 1 amide bonds. The number of carbonyl (C=O) groups is 2. The molecule has 0 radical (unpaired) electrons. The van der Waals surface area contributed by atoms with Crippen LogP contribution in [0.4, 0.5) is 0 Å². The highest BCUT2D eigenvalue weighted by Gasteiger charge is 2.34. The molecular formula is C32H31Cl2N3O3. The first-order valence-corrected chi connectivity index (χ1v) is 14.5. The van der Waals surface area contributed by atoms with E-state index in [4.69, 9.17) is 28.2 Å². The molecule has 40 heavy (non-hydrogen) atoms. The molecule has 1 aromatic heterocycles. The lowest BCUT2D eigenvalue weighted by Crippen LogP contribution is -2.40. The largest absolute Gasteiger partial charge is 0.469 e. The highest BCUT2D eigenvalue weighted by Crippen LogP contribution is 2.44. The van der Waals surface area contributed by atoms with E-state index in [0.29, 0.717) is 29.1 Å². The van der Waals surface area contributed by atoms with Crippen LogP contribution in [0.1, 0.15) is 72.5 Å². The van der Waals surface area contributed by atoms with Crippen molar-refractivity contribution < 1.29 is 14.3 Å². The summed E-state index contributed by atoms with van der Waals surface area (Å²) in [4.78, 5) is 31.1. The monoisotopic (exact) mass is 575 g/mol. The lowest BCUT2D eigenvalue weighted by Gasteiger charge is -2.33. The Labute approximate surface area is 243 Å². The van der Waals surface area contributed by atoms with Crippen LogP contribution in [0, 0.1) is 0 Å². The molecule has 0 atom stereocenters. The Morgan fingerprint density at radius 3 is 2.00 bits per heavy atom. The minimum absolute atomic E-state index is 0.00412. The fourth-order valence-corrected chi connectivity index (χ4v) is 6.14. The van der Waals surface area contributed by atoms with Crippen molar-refractivity contribution in [2.24, 2.45) is 0 Å². The number of likely N-dealkylation sites (tertiary alicyclic amines) is 1. The minimum Gasteiger partial charge on any atom is -0.469 e. The van der Waals surface area contributed by atoms with Gasteiger partial charge in [-0.15, -0.1) is 0 Å². The number of benzene rings is 3. The number of aromatic nitrogens is 2. The van der Waals surface area contributed by atoms with Crippen molar-refractivity contribution >= 4 is 46.1 Å². The van der Waals surface area contributed by atoms with E-state index in [9.17, 15) is 9.59 Å². The summed E-state index contributed by atoms with van der Waals surface area (Å²) in [5.41, 5.74) is 5.60. The van der Waals surface area contributed by atoms with Crippen LogP contribution in [-0.4, -0.2) is 46.5 Å². The smallest absolute Gasteiger partial charge is 0.315 e. The number of amides is 1. The number of piperidine rings is 1. The molecule has 206 valence electrons. The second-order valence-corrected chi connectivity index (χ2v) is 11.6. The van der Waals surface area contributed by atoms with Crippen LogP contribution in [-0.2, 0) is 14.3 Å². The Morgan fingerprint density at radius 1 is 0.875 bits per heavy atom. The van der Waals surface area contributed by atoms with E-state index in [2.05, 4.69) is 51.8 Å². The molecule has 0 N–H and O–H groups in total. The number of imidazole rings is 1. The van der Waals surface area contributed by atoms with Crippen LogP contribution < -0.4 is 0 Å². The number of ether oxygens (including phenoxy) is 1. The molecule has 2 aliphatic rings. The second-order valence-electron chi connectivity index (χ2n) is 10.8. The number of hydrogen-bond acceptors (Lipinski definition) is 4. The fourth-order valence-electron chi connectivity index (χ4n) is 5.89. The standard InChI is InChI=1S/C32H31Cl2N3O3/c1-40-30(39)19-29(38)36-16-14-26(15-17-36)37-28-18-23(8-13-27(28)35-32(37)22-2-3-22)31(20-4-9-24(33)10-5-20)21-6-11-25(34)12-7-21/h4-13,18,22,26,31H,2-3,14-17,19H2,1H3.